The molecule has 26 heavy (non-hydrogen) atoms. The molecule has 0 spiro atoms. The number of rotatable bonds is 4. The number of piperidine rings is 1. The molecule has 134 valence electrons. The molecule has 0 aliphatic carbocycles. The van der Waals surface area contributed by atoms with Gasteiger partial charge >= 0.3 is 0 Å². The standard InChI is InChI=1S/C22H25N3O/c1-17(25-16-23-20-9-5-6-10-21(20)25)22(26)24-13-11-19(12-14-24)15-18-7-3-2-4-8-18/h2-10,16-17,19H,11-15H2,1H3. The minimum atomic E-state index is -0.215. The van der Waals surface area contributed by atoms with Gasteiger partial charge in [0.05, 0.1) is 17.4 Å². The maximum Gasteiger partial charge on any atom is 0.245 e. The largest absolute Gasteiger partial charge is 0.341 e. The molecule has 0 bridgehead atoms. The third-order valence-corrected chi connectivity index (χ3v) is 5.55. The molecule has 2 aromatic carbocycles. The van der Waals surface area contributed by atoms with Gasteiger partial charge in [-0.25, -0.2) is 4.98 Å². The van der Waals surface area contributed by atoms with Crippen LogP contribution in [0.3, 0.4) is 0 Å². The predicted octanol–water partition coefficient (Wildman–Crippen LogP) is 4.08. The Hall–Kier alpha value is -2.62. The van der Waals surface area contributed by atoms with E-state index < -0.39 is 0 Å². The number of nitrogens with zero attached hydrogens (tertiary/aromatic N) is 3. The van der Waals surface area contributed by atoms with E-state index in [4.69, 9.17) is 0 Å². The quantitative estimate of drug-likeness (QED) is 0.713. The first-order chi connectivity index (χ1) is 12.7. The van der Waals surface area contributed by atoms with Crippen molar-refractivity contribution in [2.24, 2.45) is 5.92 Å². The van der Waals surface area contributed by atoms with Crippen LogP contribution in [0, 0.1) is 5.92 Å². The van der Waals surface area contributed by atoms with Crippen LogP contribution in [0.2, 0.25) is 0 Å². The van der Waals surface area contributed by atoms with Crippen LogP contribution in [0.1, 0.15) is 31.4 Å². The van der Waals surface area contributed by atoms with Gasteiger partial charge in [0.1, 0.15) is 6.04 Å². The van der Waals surface area contributed by atoms with Crippen LogP contribution < -0.4 is 0 Å². The van der Waals surface area contributed by atoms with Crippen LogP contribution >= 0.6 is 0 Å². The minimum Gasteiger partial charge on any atom is -0.341 e. The molecule has 1 aromatic heterocycles. The van der Waals surface area contributed by atoms with Crippen LogP contribution in [0.25, 0.3) is 11.0 Å². The molecule has 2 heterocycles. The molecule has 0 radical (unpaired) electrons. The number of hydrogen-bond donors (Lipinski definition) is 0. The van der Waals surface area contributed by atoms with Gasteiger partial charge in [-0.2, -0.15) is 0 Å². The molecular weight excluding hydrogens is 322 g/mol. The van der Waals surface area contributed by atoms with Crippen molar-refractivity contribution in [1.29, 1.82) is 0 Å². The van der Waals surface area contributed by atoms with E-state index in [1.165, 1.54) is 5.56 Å². The third-order valence-electron chi connectivity index (χ3n) is 5.55. The number of likely N-dealkylation sites (tertiary alicyclic amines) is 1. The molecule has 4 nitrogen and oxygen atoms in total. The zero-order valence-electron chi connectivity index (χ0n) is 15.2. The van der Waals surface area contributed by atoms with Crippen LogP contribution in [0.5, 0.6) is 0 Å². The number of carbonyl (C=O) groups excluding carboxylic acids is 1. The lowest BCUT2D eigenvalue weighted by Crippen LogP contribution is -2.42. The monoisotopic (exact) mass is 347 g/mol. The molecule has 0 saturated carbocycles. The van der Waals surface area contributed by atoms with Gasteiger partial charge in [0, 0.05) is 13.1 Å². The summed E-state index contributed by atoms with van der Waals surface area (Å²) in [5, 5.41) is 0. The summed E-state index contributed by atoms with van der Waals surface area (Å²) in [6.07, 6.45) is 5.07. The van der Waals surface area contributed by atoms with Gasteiger partial charge in [-0.05, 0) is 49.8 Å². The Bertz CT molecular complexity index is 879. The van der Waals surface area contributed by atoms with Crippen molar-refractivity contribution >= 4 is 16.9 Å². The molecule has 1 atom stereocenters. The Balaban J connectivity index is 1.39. The van der Waals surface area contributed by atoms with Crippen molar-refractivity contribution in [1.82, 2.24) is 14.5 Å². The van der Waals surface area contributed by atoms with Gasteiger partial charge in [0.15, 0.2) is 0 Å². The van der Waals surface area contributed by atoms with Gasteiger partial charge in [0.2, 0.25) is 5.91 Å². The average Bonchev–Trinajstić information content (AvgIpc) is 3.12. The average molecular weight is 347 g/mol. The van der Waals surface area contributed by atoms with Gasteiger partial charge < -0.3 is 9.47 Å². The molecule has 1 aliphatic rings. The highest BCUT2D eigenvalue weighted by molar-refractivity contribution is 5.83. The van der Waals surface area contributed by atoms with Crippen molar-refractivity contribution in [3.8, 4) is 0 Å². The number of imidazole rings is 1. The summed E-state index contributed by atoms with van der Waals surface area (Å²) in [5.74, 6) is 0.872. The van der Waals surface area contributed by atoms with E-state index in [0.717, 1.165) is 43.4 Å². The highest BCUT2D eigenvalue weighted by Gasteiger charge is 2.27. The van der Waals surface area contributed by atoms with E-state index in [0.29, 0.717) is 5.92 Å². The SMILES string of the molecule is CC(C(=O)N1CCC(Cc2ccccc2)CC1)n1cnc2ccccc21. The first-order valence-corrected chi connectivity index (χ1v) is 9.46. The molecule has 1 saturated heterocycles. The smallest absolute Gasteiger partial charge is 0.245 e. The van der Waals surface area contributed by atoms with Crippen LogP contribution in [0.4, 0.5) is 0 Å². The fourth-order valence-electron chi connectivity index (χ4n) is 3.98. The lowest BCUT2D eigenvalue weighted by molar-refractivity contribution is -0.135. The summed E-state index contributed by atoms with van der Waals surface area (Å²) in [7, 11) is 0. The predicted molar refractivity (Wildman–Crippen MR) is 104 cm³/mol. The van der Waals surface area contributed by atoms with Gasteiger partial charge in [-0.15, -0.1) is 0 Å². The second kappa shape index (κ2) is 7.32. The Labute approximate surface area is 154 Å². The van der Waals surface area contributed by atoms with E-state index in [-0.39, 0.29) is 11.9 Å². The fraction of sp³-hybridized carbons (Fsp3) is 0.364. The van der Waals surface area contributed by atoms with E-state index >= 15 is 0 Å². The molecule has 1 aliphatic heterocycles. The summed E-state index contributed by atoms with van der Waals surface area (Å²) in [4.78, 5) is 19.4. The van der Waals surface area contributed by atoms with E-state index in [2.05, 4.69) is 35.3 Å². The highest BCUT2D eigenvalue weighted by atomic mass is 16.2. The van der Waals surface area contributed by atoms with Crippen molar-refractivity contribution in [3.63, 3.8) is 0 Å². The van der Waals surface area contributed by atoms with Gasteiger partial charge in [-0.3, -0.25) is 4.79 Å². The van der Waals surface area contributed by atoms with Crippen LogP contribution in [-0.4, -0.2) is 33.4 Å². The number of fused-ring (bicyclic) bond motifs is 1. The normalized spacial score (nSPS) is 16.7. The maximum atomic E-state index is 13.0. The fourth-order valence-corrected chi connectivity index (χ4v) is 3.98. The lowest BCUT2D eigenvalue weighted by atomic mass is 9.90. The van der Waals surface area contributed by atoms with E-state index in [1.807, 2.05) is 40.7 Å². The van der Waals surface area contributed by atoms with Gasteiger partial charge in [-0.1, -0.05) is 42.5 Å². The van der Waals surface area contributed by atoms with Crippen molar-refractivity contribution in [2.75, 3.05) is 13.1 Å². The summed E-state index contributed by atoms with van der Waals surface area (Å²) in [6.45, 7) is 3.69. The first kappa shape index (κ1) is 16.8. The molecule has 1 fully saturated rings. The minimum absolute atomic E-state index is 0.200. The van der Waals surface area contributed by atoms with Crippen molar-refractivity contribution < 1.29 is 4.79 Å². The van der Waals surface area contributed by atoms with E-state index in [9.17, 15) is 4.79 Å². The maximum absolute atomic E-state index is 13.0. The molecule has 1 amide bonds. The number of benzene rings is 2. The topological polar surface area (TPSA) is 38.1 Å². The molecule has 0 N–H and O–H groups in total. The molecule has 1 unspecified atom stereocenters. The Kier molecular flexibility index (Phi) is 4.74. The second-order valence-corrected chi connectivity index (χ2v) is 7.27. The summed E-state index contributed by atoms with van der Waals surface area (Å²) in [5.41, 5.74) is 3.36. The van der Waals surface area contributed by atoms with Gasteiger partial charge in [0.25, 0.3) is 0 Å². The summed E-state index contributed by atoms with van der Waals surface area (Å²) < 4.78 is 1.99. The Morgan fingerprint density at radius 3 is 2.54 bits per heavy atom. The van der Waals surface area contributed by atoms with Crippen molar-refractivity contribution in [3.05, 3.63) is 66.5 Å². The zero-order chi connectivity index (χ0) is 17.9. The highest BCUT2D eigenvalue weighted by Crippen LogP contribution is 2.25. The van der Waals surface area contributed by atoms with E-state index in [1.54, 1.807) is 6.33 Å². The summed E-state index contributed by atoms with van der Waals surface area (Å²) in [6, 6.07) is 18.4. The Morgan fingerprint density at radius 1 is 1.08 bits per heavy atom. The Morgan fingerprint density at radius 2 is 1.77 bits per heavy atom. The van der Waals surface area contributed by atoms with Crippen molar-refractivity contribution in [2.45, 2.75) is 32.2 Å². The summed E-state index contributed by atoms with van der Waals surface area (Å²) >= 11 is 0. The molecule has 4 rings (SSSR count). The second-order valence-electron chi connectivity index (χ2n) is 7.27. The van der Waals surface area contributed by atoms with Crippen LogP contribution in [-0.2, 0) is 11.2 Å². The first-order valence-electron chi connectivity index (χ1n) is 9.46. The number of para-hydroxylation sites is 2. The van der Waals surface area contributed by atoms with Crippen LogP contribution in [0.15, 0.2) is 60.9 Å². The third kappa shape index (κ3) is 3.36. The number of carbonyl (C=O) groups is 1. The number of amides is 1. The number of hydrogen-bond acceptors (Lipinski definition) is 2. The molecule has 4 heteroatoms. The number of aromatic nitrogens is 2. The lowest BCUT2D eigenvalue weighted by Gasteiger charge is -2.34. The molecule has 3 aromatic rings. The molecular formula is C22H25N3O. The zero-order valence-corrected chi connectivity index (χ0v) is 15.2.